The first-order valence-electron chi connectivity index (χ1n) is 8.08. The summed E-state index contributed by atoms with van der Waals surface area (Å²) in [4.78, 5) is 46.5. The van der Waals surface area contributed by atoms with Crippen LogP contribution in [0.3, 0.4) is 0 Å². The minimum Gasteiger partial charge on any atom is -0.386 e. The largest absolute Gasteiger partial charge is 0.386 e. The van der Waals surface area contributed by atoms with Crippen LogP contribution in [0.4, 0.5) is 0 Å². The number of ether oxygens (including phenoxy) is 2. The Labute approximate surface area is 140 Å². The van der Waals surface area contributed by atoms with Gasteiger partial charge in [0, 0.05) is 23.3 Å². The van der Waals surface area contributed by atoms with Gasteiger partial charge in [0.2, 0.25) is 0 Å². The van der Waals surface area contributed by atoms with Crippen LogP contribution in [0.15, 0.2) is 34.4 Å². The molecule has 128 valence electrons. The van der Waals surface area contributed by atoms with E-state index in [0.29, 0.717) is 24.0 Å². The summed E-state index contributed by atoms with van der Waals surface area (Å²) >= 11 is 0. The first kappa shape index (κ1) is 17.8. The Bertz CT molecular complexity index is 620. The van der Waals surface area contributed by atoms with Crippen molar-refractivity contribution in [3.05, 3.63) is 34.4 Å². The molecule has 0 aromatic rings. The smallest absolute Gasteiger partial charge is 0.341 e. The molecule has 0 atom stereocenters. The third-order valence-electron chi connectivity index (χ3n) is 4.30. The summed E-state index contributed by atoms with van der Waals surface area (Å²) in [5, 5.41) is 0. The molecule has 0 fully saturated rings. The number of rotatable bonds is 6. The average Bonchev–Trinajstić information content (AvgIpc) is 2.43. The third kappa shape index (κ3) is 4.07. The zero-order valence-corrected chi connectivity index (χ0v) is 13.8. The van der Waals surface area contributed by atoms with Gasteiger partial charge in [-0.1, -0.05) is 25.0 Å². The van der Waals surface area contributed by atoms with Crippen LogP contribution in [-0.2, 0) is 28.7 Å². The van der Waals surface area contributed by atoms with E-state index in [1.165, 1.54) is 0 Å². The molecule has 24 heavy (non-hydrogen) atoms. The molecule has 0 aromatic carbocycles. The summed E-state index contributed by atoms with van der Waals surface area (Å²) in [6.45, 7) is 3.86. The molecule has 2 aliphatic rings. The van der Waals surface area contributed by atoms with Crippen molar-refractivity contribution in [1.29, 1.82) is 0 Å². The van der Waals surface area contributed by atoms with Crippen molar-refractivity contribution in [1.82, 2.24) is 0 Å². The fourth-order valence-electron chi connectivity index (χ4n) is 2.64. The predicted molar refractivity (Wildman–Crippen MR) is 84.4 cm³/mol. The summed E-state index contributed by atoms with van der Waals surface area (Å²) in [6, 6.07) is 0. The van der Waals surface area contributed by atoms with E-state index < -0.39 is 23.9 Å². The normalized spacial score (nSPS) is 16.6. The van der Waals surface area contributed by atoms with E-state index in [1.807, 2.05) is 13.8 Å². The molecule has 2 aliphatic carbocycles. The first-order chi connectivity index (χ1) is 11.5. The van der Waals surface area contributed by atoms with Crippen LogP contribution < -0.4 is 0 Å². The van der Waals surface area contributed by atoms with Crippen molar-refractivity contribution in [2.75, 3.05) is 0 Å². The van der Waals surface area contributed by atoms with Gasteiger partial charge in [-0.2, -0.15) is 0 Å². The van der Waals surface area contributed by atoms with E-state index in [4.69, 9.17) is 0 Å². The number of allylic oxidation sites excluding steroid dienone is 2. The van der Waals surface area contributed by atoms with Gasteiger partial charge in [0.05, 0.1) is 0 Å². The molecule has 6 heteroatoms. The lowest BCUT2D eigenvalue weighted by atomic mass is 9.87. The maximum absolute atomic E-state index is 11.7. The van der Waals surface area contributed by atoms with Crippen LogP contribution in [0.1, 0.15) is 52.4 Å². The molecule has 0 aromatic heterocycles. The van der Waals surface area contributed by atoms with Gasteiger partial charge < -0.3 is 9.47 Å². The second-order valence-corrected chi connectivity index (χ2v) is 5.62. The van der Waals surface area contributed by atoms with Crippen molar-refractivity contribution in [2.45, 2.75) is 52.4 Å². The maximum atomic E-state index is 11.7. The summed E-state index contributed by atoms with van der Waals surface area (Å²) < 4.78 is 9.26. The van der Waals surface area contributed by atoms with Gasteiger partial charge >= 0.3 is 23.9 Å². The summed E-state index contributed by atoms with van der Waals surface area (Å²) in [6.07, 6.45) is 5.96. The second kappa shape index (κ2) is 7.86. The Balaban J connectivity index is 1.82. The molecule has 6 nitrogen and oxygen atoms in total. The van der Waals surface area contributed by atoms with E-state index in [9.17, 15) is 19.2 Å². The highest BCUT2D eigenvalue weighted by molar-refractivity contribution is 6.05. The highest BCUT2D eigenvalue weighted by Crippen LogP contribution is 2.31. The lowest BCUT2D eigenvalue weighted by molar-refractivity contribution is -0.156. The Hall–Kier alpha value is -2.50. The van der Waals surface area contributed by atoms with Gasteiger partial charge in [0.15, 0.2) is 0 Å². The Morgan fingerprint density at radius 1 is 0.750 bits per heavy atom. The van der Waals surface area contributed by atoms with Crippen molar-refractivity contribution in [2.24, 2.45) is 0 Å². The SMILES string of the molecule is CCC1=C(C(=O)OC(=O)/C=C\C(=O)OC(=O)C2=C(CC)CC2)CC1. The third-order valence-corrected chi connectivity index (χ3v) is 4.30. The van der Waals surface area contributed by atoms with Crippen molar-refractivity contribution < 1.29 is 28.7 Å². The molecular weight excluding hydrogens is 312 g/mol. The van der Waals surface area contributed by atoms with Crippen molar-refractivity contribution >= 4 is 23.9 Å². The number of carbonyl (C=O) groups excluding carboxylic acids is 4. The molecule has 0 unspecified atom stereocenters. The van der Waals surface area contributed by atoms with E-state index in [-0.39, 0.29) is 0 Å². The quantitative estimate of drug-likeness (QED) is 0.422. The molecule has 0 saturated heterocycles. The van der Waals surface area contributed by atoms with Crippen LogP contribution >= 0.6 is 0 Å². The fraction of sp³-hybridized carbons (Fsp3) is 0.444. The van der Waals surface area contributed by atoms with Crippen LogP contribution in [0.5, 0.6) is 0 Å². The van der Waals surface area contributed by atoms with Gasteiger partial charge in [-0.3, -0.25) is 0 Å². The number of hydrogen-bond donors (Lipinski definition) is 0. The lowest BCUT2D eigenvalue weighted by Crippen LogP contribution is -2.20. The van der Waals surface area contributed by atoms with E-state index in [0.717, 1.165) is 49.0 Å². The van der Waals surface area contributed by atoms with E-state index >= 15 is 0 Å². The zero-order chi connectivity index (χ0) is 17.7. The van der Waals surface area contributed by atoms with Gasteiger partial charge in [0.1, 0.15) is 0 Å². The zero-order valence-electron chi connectivity index (χ0n) is 13.8. The fourth-order valence-corrected chi connectivity index (χ4v) is 2.64. The van der Waals surface area contributed by atoms with Crippen LogP contribution in [-0.4, -0.2) is 23.9 Å². The van der Waals surface area contributed by atoms with Crippen molar-refractivity contribution in [3.63, 3.8) is 0 Å². The molecule has 0 amide bonds. The molecule has 0 heterocycles. The molecule has 0 saturated carbocycles. The topological polar surface area (TPSA) is 86.7 Å². The molecular formula is C18H20O6. The lowest BCUT2D eigenvalue weighted by Gasteiger charge is -2.20. The van der Waals surface area contributed by atoms with E-state index in [1.54, 1.807) is 0 Å². The molecule has 0 bridgehead atoms. The first-order valence-corrected chi connectivity index (χ1v) is 8.08. The van der Waals surface area contributed by atoms with Crippen LogP contribution in [0.2, 0.25) is 0 Å². The molecule has 0 aliphatic heterocycles. The molecule has 2 rings (SSSR count). The van der Waals surface area contributed by atoms with Crippen LogP contribution in [0, 0.1) is 0 Å². The predicted octanol–water partition coefficient (Wildman–Crippen LogP) is 2.68. The van der Waals surface area contributed by atoms with Crippen LogP contribution in [0.25, 0.3) is 0 Å². The summed E-state index contributed by atoms with van der Waals surface area (Å²) in [5.41, 5.74) is 3.03. The van der Waals surface area contributed by atoms with Crippen molar-refractivity contribution in [3.8, 4) is 0 Å². The summed E-state index contributed by atoms with van der Waals surface area (Å²) in [5.74, 6) is -3.28. The average molecular weight is 332 g/mol. The van der Waals surface area contributed by atoms with Gasteiger partial charge in [-0.25, -0.2) is 19.2 Å². The second-order valence-electron chi connectivity index (χ2n) is 5.62. The van der Waals surface area contributed by atoms with E-state index in [2.05, 4.69) is 9.47 Å². The van der Waals surface area contributed by atoms with Gasteiger partial charge in [-0.05, 0) is 38.5 Å². The summed E-state index contributed by atoms with van der Waals surface area (Å²) in [7, 11) is 0. The Kier molecular flexibility index (Phi) is 5.84. The number of hydrogen-bond acceptors (Lipinski definition) is 6. The number of esters is 4. The monoisotopic (exact) mass is 332 g/mol. The van der Waals surface area contributed by atoms with Gasteiger partial charge in [0.25, 0.3) is 0 Å². The Morgan fingerprint density at radius 2 is 1.12 bits per heavy atom. The minimum atomic E-state index is -0.962. The number of carbonyl (C=O) groups is 4. The standard InChI is InChI=1S/C18H20O6/c1-3-11-5-7-13(11)17(21)23-15(19)9-10-16(20)24-18(22)14-8-6-12(14)4-2/h9-10H,3-8H2,1-2H3/b10-9-. The molecule has 0 radical (unpaired) electrons. The highest BCUT2D eigenvalue weighted by Gasteiger charge is 2.26. The Morgan fingerprint density at radius 3 is 1.38 bits per heavy atom. The maximum Gasteiger partial charge on any atom is 0.341 e. The highest BCUT2D eigenvalue weighted by atomic mass is 16.6. The molecule has 0 N–H and O–H groups in total. The minimum absolute atomic E-state index is 0.529. The molecule has 0 spiro atoms. The van der Waals surface area contributed by atoms with Gasteiger partial charge in [-0.15, -0.1) is 0 Å².